The number of benzene rings is 1. The van der Waals surface area contributed by atoms with Crippen molar-refractivity contribution < 1.29 is 4.74 Å². The first kappa shape index (κ1) is 14.2. The second kappa shape index (κ2) is 6.00. The van der Waals surface area contributed by atoms with Crippen LogP contribution in [0.5, 0.6) is 5.75 Å². The van der Waals surface area contributed by atoms with Crippen LogP contribution in [0, 0.1) is 0 Å². The number of nitrogens with one attached hydrogen (secondary N) is 1. The van der Waals surface area contributed by atoms with Crippen LogP contribution in [0.2, 0.25) is 0 Å². The lowest BCUT2D eigenvalue weighted by atomic mass is 10.1. The number of rotatable bonds is 4. The van der Waals surface area contributed by atoms with Gasteiger partial charge in [0.2, 0.25) is 0 Å². The summed E-state index contributed by atoms with van der Waals surface area (Å²) in [5.74, 6) is 1.43. The molecule has 4 rings (SSSR count). The van der Waals surface area contributed by atoms with Crippen molar-refractivity contribution in [1.29, 1.82) is 0 Å². The number of methoxy groups -OCH3 is 1. The van der Waals surface area contributed by atoms with E-state index in [2.05, 4.69) is 15.4 Å². The van der Waals surface area contributed by atoms with Gasteiger partial charge in [-0.1, -0.05) is 30.3 Å². The number of hydrogen-bond donors (Lipinski definition) is 1. The third-order valence-electron chi connectivity index (χ3n) is 3.68. The first-order valence-corrected chi connectivity index (χ1v) is 7.50. The summed E-state index contributed by atoms with van der Waals surface area (Å²) in [5, 5.41) is 7.73. The Kier molecular flexibility index (Phi) is 3.55. The fourth-order valence-corrected chi connectivity index (χ4v) is 2.52. The SMILES string of the molecule is COc1cnn2c(Nc3ccncc3)cc(-c3ccccc3)nc12. The van der Waals surface area contributed by atoms with E-state index in [1.54, 1.807) is 30.2 Å². The molecule has 24 heavy (non-hydrogen) atoms. The molecule has 0 radical (unpaired) electrons. The van der Waals surface area contributed by atoms with Crippen LogP contribution in [0.4, 0.5) is 11.5 Å². The van der Waals surface area contributed by atoms with Crippen molar-refractivity contribution in [2.45, 2.75) is 0 Å². The smallest absolute Gasteiger partial charge is 0.200 e. The van der Waals surface area contributed by atoms with Gasteiger partial charge in [-0.3, -0.25) is 4.98 Å². The summed E-state index contributed by atoms with van der Waals surface area (Å²) >= 11 is 0. The van der Waals surface area contributed by atoms with Crippen LogP contribution in [0.1, 0.15) is 0 Å². The molecule has 0 atom stereocenters. The predicted octanol–water partition coefficient (Wildman–Crippen LogP) is 3.54. The fourth-order valence-electron chi connectivity index (χ4n) is 2.52. The zero-order chi connectivity index (χ0) is 16.4. The van der Waals surface area contributed by atoms with E-state index in [1.807, 2.05) is 48.5 Å². The highest BCUT2D eigenvalue weighted by Gasteiger charge is 2.13. The van der Waals surface area contributed by atoms with Gasteiger partial charge in [0.1, 0.15) is 5.82 Å². The summed E-state index contributed by atoms with van der Waals surface area (Å²) in [5.41, 5.74) is 3.46. The third-order valence-corrected chi connectivity index (χ3v) is 3.68. The highest BCUT2D eigenvalue weighted by molar-refractivity contribution is 5.71. The summed E-state index contributed by atoms with van der Waals surface area (Å²) in [6.45, 7) is 0. The number of nitrogens with zero attached hydrogens (tertiary/aromatic N) is 4. The van der Waals surface area contributed by atoms with Gasteiger partial charge in [0, 0.05) is 29.7 Å². The van der Waals surface area contributed by atoms with Crippen molar-refractivity contribution in [1.82, 2.24) is 19.6 Å². The zero-order valence-corrected chi connectivity index (χ0v) is 13.0. The molecule has 0 amide bonds. The predicted molar refractivity (Wildman–Crippen MR) is 92.5 cm³/mol. The van der Waals surface area contributed by atoms with Crippen LogP contribution in [0.25, 0.3) is 16.9 Å². The molecule has 6 heteroatoms. The summed E-state index contributed by atoms with van der Waals surface area (Å²) in [7, 11) is 1.61. The summed E-state index contributed by atoms with van der Waals surface area (Å²) < 4.78 is 7.11. The molecular formula is C18H15N5O. The van der Waals surface area contributed by atoms with E-state index >= 15 is 0 Å². The first-order valence-electron chi connectivity index (χ1n) is 7.50. The molecule has 0 aliphatic carbocycles. The molecule has 3 aromatic heterocycles. The number of hydrogen-bond acceptors (Lipinski definition) is 5. The summed E-state index contributed by atoms with van der Waals surface area (Å²) in [4.78, 5) is 8.74. The second-order valence-electron chi connectivity index (χ2n) is 5.20. The second-order valence-corrected chi connectivity index (χ2v) is 5.20. The maximum absolute atomic E-state index is 5.38. The topological polar surface area (TPSA) is 64.3 Å². The van der Waals surface area contributed by atoms with E-state index in [4.69, 9.17) is 9.72 Å². The van der Waals surface area contributed by atoms with E-state index in [0.29, 0.717) is 11.4 Å². The minimum Gasteiger partial charge on any atom is -0.491 e. The molecule has 0 saturated heterocycles. The molecule has 1 N–H and O–H groups in total. The van der Waals surface area contributed by atoms with Crippen LogP contribution in [0.3, 0.4) is 0 Å². The molecule has 6 nitrogen and oxygen atoms in total. The van der Waals surface area contributed by atoms with Gasteiger partial charge in [-0.25, -0.2) is 4.98 Å². The molecule has 0 unspecified atom stereocenters. The number of pyridine rings is 1. The van der Waals surface area contributed by atoms with Crippen molar-refractivity contribution in [3.8, 4) is 17.0 Å². The molecular weight excluding hydrogens is 302 g/mol. The lowest BCUT2D eigenvalue weighted by Crippen LogP contribution is -2.02. The normalized spacial score (nSPS) is 10.7. The lowest BCUT2D eigenvalue weighted by molar-refractivity contribution is 0.418. The molecule has 0 bridgehead atoms. The van der Waals surface area contributed by atoms with Gasteiger partial charge in [-0.05, 0) is 12.1 Å². The zero-order valence-electron chi connectivity index (χ0n) is 13.0. The number of ether oxygens (including phenoxy) is 1. The van der Waals surface area contributed by atoms with Crippen LogP contribution in [0.15, 0.2) is 67.1 Å². The molecule has 1 aromatic carbocycles. The Morgan fingerprint density at radius 3 is 2.58 bits per heavy atom. The van der Waals surface area contributed by atoms with Gasteiger partial charge in [-0.2, -0.15) is 9.61 Å². The Morgan fingerprint density at radius 1 is 1.04 bits per heavy atom. The number of anilines is 2. The highest BCUT2D eigenvalue weighted by Crippen LogP contribution is 2.28. The van der Waals surface area contributed by atoms with Gasteiger partial charge in [0.05, 0.1) is 19.0 Å². The molecule has 0 saturated carbocycles. The third kappa shape index (κ3) is 2.54. The quantitative estimate of drug-likeness (QED) is 0.623. The fraction of sp³-hybridized carbons (Fsp3) is 0.0556. The Labute approximate surface area is 138 Å². The summed E-state index contributed by atoms with van der Waals surface area (Å²) in [6.07, 6.45) is 5.14. The maximum Gasteiger partial charge on any atom is 0.200 e. The number of fused-ring (bicyclic) bond motifs is 1. The van der Waals surface area contributed by atoms with Gasteiger partial charge >= 0.3 is 0 Å². The molecule has 0 fully saturated rings. The van der Waals surface area contributed by atoms with E-state index in [0.717, 1.165) is 22.8 Å². The van der Waals surface area contributed by atoms with E-state index in [1.165, 1.54) is 0 Å². The Morgan fingerprint density at radius 2 is 1.83 bits per heavy atom. The first-order chi connectivity index (χ1) is 11.8. The molecule has 118 valence electrons. The average molecular weight is 317 g/mol. The van der Waals surface area contributed by atoms with Crippen LogP contribution >= 0.6 is 0 Å². The Balaban J connectivity index is 1.89. The molecule has 0 spiro atoms. The molecule has 3 heterocycles. The monoisotopic (exact) mass is 317 g/mol. The summed E-state index contributed by atoms with van der Waals surface area (Å²) in [6, 6.07) is 15.8. The minimum atomic E-state index is 0.630. The van der Waals surface area contributed by atoms with Crippen LogP contribution in [-0.4, -0.2) is 26.7 Å². The maximum atomic E-state index is 5.38. The lowest BCUT2D eigenvalue weighted by Gasteiger charge is -2.11. The van der Waals surface area contributed by atoms with Crippen LogP contribution < -0.4 is 10.1 Å². The average Bonchev–Trinajstić information content (AvgIpc) is 3.07. The van der Waals surface area contributed by atoms with Gasteiger partial charge in [0.15, 0.2) is 11.4 Å². The largest absolute Gasteiger partial charge is 0.491 e. The van der Waals surface area contributed by atoms with Gasteiger partial charge in [0.25, 0.3) is 0 Å². The molecule has 0 aliphatic heterocycles. The van der Waals surface area contributed by atoms with Gasteiger partial charge < -0.3 is 10.1 Å². The number of aromatic nitrogens is 4. The Hall–Kier alpha value is -3.41. The molecule has 0 aliphatic rings. The van der Waals surface area contributed by atoms with Crippen molar-refractivity contribution in [3.05, 3.63) is 67.1 Å². The van der Waals surface area contributed by atoms with E-state index < -0.39 is 0 Å². The van der Waals surface area contributed by atoms with Gasteiger partial charge in [-0.15, -0.1) is 0 Å². The Bertz CT molecular complexity index is 967. The van der Waals surface area contributed by atoms with E-state index in [-0.39, 0.29) is 0 Å². The van der Waals surface area contributed by atoms with Crippen LogP contribution in [-0.2, 0) is 0 Å². The van der Waals surface area contributed by atoms with Crippen molar-refractivity contribution in [2.24, 2.45) is 0 Å². The molecule has 4 aromatic rings. The standard InChI is InChI=1S/C18H15N5O/c1-24-16-12-20-23-17(21-14-7-9-19-10-8-14)11-15(22-18(16)23)13-5-3-2-4-6-13/h2-12H,1H3,(H,19,21). The minimum absolute atomic E-state index is 0.630. The van der Waals surface area contributed by atoms with Crippen molar-refractivity contribution in [2.75, 3.05) is 12.4 Å². The van der Waals surface area contributed by atoms with Crippen molar-refractivity contribution >= 4 is 17.2 Å². The van der Waals surface area contributed by atoms with Crippen molar-refractivity contribution in [3.63, 3.8) is 0 Å². The van der Waals surface area contributed by atoms with E-state index in [9.17, 15) is 0 Å². The highest BCUT2D eigenvalue weighted by atomic mass is 16.5.